The molecule has 0 radical (unpaired) electrons. The fourth-order valence-electron chi connectivity index (χ4n) is 3.48. The molecule has 1 aliphatic heterocycles. The summed E-state index contributed by atoms with van der Waals surface area (Å²) in [5.41, 5.74) is 5.81. The molecule has 0 spiro atoms. The molecular formula is C19H23N5OS. The van der Waals surface area contributed by atoms with Crippen molar-refractivity contribution in [1.29, 1.82) is 0 Å². The van der Waals surface area contributed by atoms with Crippen LogP contribution in [0.4, 0.5) is 0 Å². The fourth-order valence-corrected chi connectivity index (χ4v) is 4.20. The third kappa shape index (κ3) is 3.50. The Morgan fingerprint density at radius 1 is 1.12 bits per heavy atom. The molecule has 3 aromatic rings. The molecule has 0 bridgehead atoms. The van der Waals surface area contributed by atoms with E-state index < -0.39 is 0 Å². The Morgan fingerprint density at radius 2 is 1.92 bits per heavy atom. The first-order valence-electron chi connectivity index (χ1n) is 8.96. The normalized spacial score (nSPS) is 15.7. The maximum absolute atomic E-state index is 12.8. The van der Waals surface area contributed by atoms with Crippen LogP contribution >= 0.6 is 11.3 Å². The minimum atomic E-state index is 0.124. The monoisotopic (exact) mass is 369 g/mol. The predicted molar refractivity (Wildman–Crippen MR) is 104 cm³/mol. The maximum Gasteiger partial charge on any atom is 0.253 e. The van der Waals surface area contributed by atoms with Crippen LogP contribution in [0, 0.1) is 13.8 Å². The van der Waals surface area contributed by atoms with Crippen molar-refractivity contribution in [3.8, 4) is 0 Å². The predicted octanol–water partition coefficient (Wildman–Crippen LogP) is 2.57. The second kappa shape index (κ2) is 7.17. The van der Waals surface area contributed by atoms with E-state index >= 15 is 0 Å². The van der Waals surface area contributed by atoms with Crippen LogP contribution in [0.3, 0.4) is 0 Å². The average molecular weight is 369 g/mol. The first-order chi connectivity index (χ1) is 12.6. The van der Waals surface area contributed by atoms with Crippen molar-refractivity contribution >= 4 is 27.5 Å². The van der Waals surface area contributed by atoms with Gasteiger partial charge >= 0.3 is 0 Å². The number of aromatic nitrogens is 3. The van der Waals surface area contributed by atoms with E-state index in [4.69, 9.17) is 0 Å². The van der Waals surface area contributed by atoms with E-state index in [2.05, 4.69) is 32.7 Å². The smallest absolute Gasteiger partial charge is 0.253 e. The number of benzene rings is 1. The number of thiazole rings is 1. The van der Waals surface area contributed by atoms with Crippen molar-refractivity contribution in [1.82, 2.24) is 24.6 Å². The van der Waals surface area contributed by atoms with Gasteiger partial charge in [-0.2, -0.15) is 5.10 Å². The highest BCUT2D eigenvalue weighted by Crippen LogP contribution is 2.20. The van der Waals surface area contributed by atoms with Crippen LogP contribution in [-0.4, -0.2) is 63.2 Å². The molecule has 1 amide bonds. The third-order valence-corrected chi connectivity index (χ3v) is 5.76. The van der Waals surface area contributed by atoms with Gasteiger partial charge in [0.2, 0.25) is 0 Å². The summed E-state index contributed by atoms with van der Waals surface area (Å²) in [7, 11) is 0. The second-order valence-electron chi connectivity index (χ2n) is 6.82. The van der Waals surface area contributed by atoms with Crippen LogP contribution in [0.1, 0.15) is 21.7 Å². The number of hydrogen-bond donors (Lipinski definition) is 0. The maximum atomic E-state index is 12.8. The minimum absolute atomic E-state index is 0.124. The Kier molecular flexibility index (Phi) is 4.74. The van der Waals surface area contributed by atoms with Crippen molar-refractivity contribution in [3.05, 3.63) is 46.7 Å². The Hall–Kier alpha value is -2.25. The first-order valence-corrected chi connectivity index (χ1v) is 9.84. The fraction of sp³-hybridized carbons (Fsp3) is 0.421. The number of amides is 1. The molecule has 3 heterocycles. The van der Waals surface area contributed by atoms with E-state index in [-0.39, 0.29) is 5.91 Å². The summed E-state index contributed by atoms with van der Waals surface area (Å²) in [4.78, 5) is 21.4. The molecular weight excluding hydrogens is 346 g/mol. The third-order valence-electron chi connectivity index (χ3n) is 4.97. The molecule has 2 aromatic heterocycles. The second-order valence-corrected chi connectivity index (χ2v) is 7.71. The Bertz CT molecular complexity index is 923. The van der Waals surface area contributed by atoms with E-state index in [1.807, 2.05) is 35.5 Å². The van der Waals surface area contributed by atoms with E-state index in [1.54, 1.807) is 11.3 Å². The highest BCUT2D eigenvalue weighted by atomic mass is 32.1. The van der Waals surface area contributed by atoms with Crippen LogP contribution in [0.2, 0.25) is 0 Å². The molecule has 1 aliphatic rings. The van der Waals surface area contributed by atoms with Gasteiger partial charge in [0.1, 0.15) is 0 Å². The zero-order valence-electron chi connectivity index (χ0n) is 15.2. The molecule has 7 heteroatoms. The zero-order chi connectivity index (χ0) is 18.1. The van der Waals surface area contributed by atoms with E-state index in [0.717, 1.165) is 60.7 Å². The van der Waals surface area contributed by atoms with Crippen LogP contribution in [-0.2, 0) is 6.54 Å². The topological polar surface area (TPSA) is 54.3 Å². The zero-order valence-corrected chi connectivity index (χ0v) is 16.0. The molecule has 0 aliphatic carbocycles. The number of nitrogens with zero attached hydrogens (tertiary/aromatic N) is 5. The largest absolute Gasteiger partial charge is 0.336 e. The van der Waals surface area contributed by atoms with Gasteiger partial charge in [-0.15, -0.1) is 11.3 Å². The summed E-state index contributed by atoms with van der Waals surface area (Å²) in [5, 5.41) is 4.52. The van der Waals surface area contributed by atoms with Crippen molar-refractivity contribution < 1.29 is 4.79 Å². The lowest BCUT2D eigenvalue weighted by Crippen LogP contribution is -2.49. The van der Waals surface area contributed by atoms with Gasteiger partial charge < -0.3 is 4.90 Å². The quantitative estimate of drug-likeness (QED) is 0.709. The number of carbonyl (C=O) groups excluding carboxylic acids is 1. The molecule has 0 atom stereocenters. The van der Waals surface area contributed by atoms with Gasteiger partial charge in [0.15, 0.2) is 0 Å². The Labute approximate surface area is 157 Å². The van der Waals surface area contributed by atoms with E-state index in [9.17, 15) is 4.79 Å². The van der Waals surface area contributed by atoms with E-state index in [0.29, 0.717) is 0 Å². The molecule has 136 valence electrons. The van der Waals surface area contributed by atoms with Crippen LogP contribution < -0.4 is 0 Å². The highest BCUT2D eigenvalue weighted by Gasteiger charge is 2.22. The summed E-state index contributed by atoms with van der Waals surface area (Å²) in [6.45, 7) is 9.36. The number of aryl methyl sites for hydroxylation is 2. The number of carbonyl (C=O) groups is 1. The van der Waals surface area contributed by atoms with Gasteiger partial charge in [0, 0.05) is 44.0 Å². The summed E-state index contributed by atoms with van der Waals surface area (Å²) < 4.78 is 3.14. The molecule has 0 unspecified atom stereocenters. The van der Waals surface area contributed by atoms with Gasteiger partial charge in [-0.05, 0) is 38.1 Å². The van der Waals surface area contributed by atoms with Crippen molar-refractivity contribution in [3.63, 3.8) is 0 Å². The minimum Gasteiger partial charge on any atom is -0.336 e. The first kappa shape index (κ1) is 17.2. The lowest BCUT2D eigenvalue weighted by atomic mass is 10.1. The summed E-state index contributed by atoms with van der Waals surface area (Å²) in [5.74, 6) is 0.124. The number of piperazine rings is 1. The molecule has 1 aromatic carbocycles. The SMILES string of the molecule is Cc1cc(C)n(CCN2CCN(C(=O)c3ccc4ncsc4c3)CC2)n1. The van der Waals surface area contributed by atoms with Gasteiger partial charge in [-0.25, -0.2) is 4.98 Å². The van der Waals surface area contributed by atoms with Crippen molar-refractivity contribution in [2.75, 3.05) is 32.7 Å². The van der Waals surface area contributed by atoms with Crippen LogP contribution in [0.25, 0.3) is 10.2 Å². The number of rotatable bonds is 4. The Morgan fingerprint density at radius 3 is 2.65 bits per heavy atom. The van der Waals surface area contributed by atoms with Crippen LogP contribution in [0.15, 0.2) is 29.8 Å². The Balaban J connectivity index is 1.32. The molecule has 4 rings (SSSR count). The summed E-state index contributed by atoms with van der Waals surface area (Å²) in [6, 6.07) is 7.89. The molecule has 26 heavy (non-hydrogen) atoms. The average Bonchev–Trinajstić information content (AvgIpc) is 3.24. The van der Waals surface area contributed by atoms with Crippen molar-refractivity contribution in [2.45, 2.75) is 20.4 Å². The standard InChI is InChI=1S/C19H23N5OS/c1-14-11-15(2)24(21-14)10-7-22-5-8-23(9-6-22)19(25)16-3-4-17-18(12-16)26-13-20-17/h3-4,11-13H,5-10H2,1-2H3. The van der Waals surface area contributed by atoms with E-state index in [1.165, 1.54) is 5.69 Å². The molecule has 0 saturated carbocycles. The number of fused-ring (bicyclic) bond motifs is 1. The molecule has 1 fully saturated rings. The lowest BCUT2D eigenvalue weighted by Gasteiger charge is -2.34. The van der Waals surface area contributed by atoms with Crippen molar-refractivity contribution in [2.24, 2.45) is 0 Å². The van der Waals surface area contributed by atoms with Gasteiger partial charge in [0.25, 0.3) is 5.91 Å². The summed E-state index contributed by atoms with van der Waals surface area (Å²) >= 11 is 1.57. The molecule has 0 N–H and O–H groups in total. The molecule has 1 saturated heterocycles. The highest BCUT2D eigenvalue weighted by molar-refractivity contribution is 7.16. The lowest BCUT2D eigenvalue weighted by molar-refractivity contribution is 0.0632. The number of hydrogen-bond acceptors (Lipinski definition) is 5. The summed E-state index contributed by atoms with van der Waals surface area (Å²) in [6.07, 6.45) is 0. The molecule has 6 nitrogen and oxygen atoms in total. The van der Waals surface area contributed by atoms with Gasteiger partial charge in [-0.1, -0.05) is 0 Å². The van der Waals surface area contributed by atoms with Gasteiger partial charge in [0.05, 0.1) is 28.0 Å². The van der Waals surface area contributed by atoms with Gasteiger partial charge in [-0.3, -0.25) is 14.4 Å². The van der Waals surface area contributed by atoms with Crippen LogP contribution in [0.5, 0.6) is 0 Å².